The summed E-state index contributed by atoms with van der Waals surface area (Å²) in [7, 11) is 1.34. The first kappa shape index (κ1) is 14.9. The van der Waals surface area contributed by atoms with Crippen molar-refractivity contribution in [3.63, 3.8) is 0 Å². The molecule has 1 amide bonds. The number of carboxylic acids is 1. The SMILES string of the molecule is COc1ccc(NC(=O)C(C)(C)CC(=O)O)cc1F. The third kappa shape index (κ3) is 3.94. The molecule has 1 aromatic rings. The second kappa shape index (κ2) is 5.69. The van der Waals surface area contributed by atoms with Crippen LogP contribution in [0.1, 0.15) is 20.3 Å². The lowest BCUT2D eigenvalue weighted by Crippen LogP contribution is -2.32. The Morgan fingerprint density at radius 2 is 2.05 bits per heavy atom. The van der Waals surface area contributed by atoms with Crippen molar-refractivity contribution in [1.29, 1.82) is 0 Å². The van der Waals surface area contributed by atoms with Crippen molar-refractivity contribution in [2.45, 2.75) is 20.3 Å². The molecule has 0 heterocycles. The van der Waals surface area contributed by atoms with E-state index >= 15 is 0 Å². The maximum atomic E-state index is 13.4. The maximum absolute atomic E-state index is 13.4. The third-order valence-corrected chi connectivity index (χ3v) is 2.62. The Balaban J connectivity index is 2.82. The zero-order chi connectivity index (χ0) is 14.6. The van der Waals surface area contributed by atoms with Gasteiger partial charge in [0.25, 0.3) is 0 Å². The molecule has 0 bridgehead atoms. The predicted octanol–water partition coefficient (Wildman–Crippen LogP) is 2.27. The highest BCUT2D eigenvalue weighted by Gasteiger charge is 2.30. The van der Waals surface area contributed by atoms with Gasteiger partial charge in [0.2, 0.25) is 5.91 Å². The minimum absolute atomic E-state index is 0.0720. The quantitative estimate of drug-likeness (QED) is 0.859. The van der Waals surface area contributed by atoms with Gasteiger partial charge < -0.3 is 15.2 Å². The maximum Gasteiger partial charge on any atom is 0.304 e. The van der Waals surface area contributed by atoms with Gasteiger partial charge in [-0.05, 0) is 12.1 Å². The molecule has 6 heteroatoms. The minimum atomic E-state index is -1.08. The average Bonchev–Trinajstić information content (AvgIpc) is 2.27. The Morgan fingerprint density at radius 1 is 1.42 bits per heavy atom. The van der Waals surface area contributed by atoms with Crippen LogP contribution in [0.15, 0.2) is 18.2 Å². The van der Waals surface area contributed by atoms with Crippen molar-refractivity contribution in [2.24, 2.45) is 5.41 Å². The van der Waals surface area contributed by atoms with E-state index in [9.17, 15) is 14.0 Å². The number of halogens is 1. The molecule has 0 radical (unpaired) electrons. The minimum Gasteiger partial charge on any atom is -0.494 e. The van der Waals surface area contributed by atoms with Gasteiger partial charge in [0.05, 0.1) is 18.9 Å². The summed E-state index contributed by atoms with van der Waals surface area (Å²) in [6.45, 7) is 3.02. The molecule has 2 N–H and O–H groups in total. The fraction of sp³-hybridized carbons (Fsp3) is 0.385. The largest absolute Gasteiger partial charge is 0.494 e. The van der Waals surface area contributed by atoms with Crippen LogP contribution in [-0.2, 0) is 9.59 Å². The Hall–Kier alpha value is -2.11. The first-order valence-corrected chi connectivity index (χ1v) is 5.63. The molecule has 1 rings (SSSR count). The van der Waals surface area contributed by atoms with Crippen LogP contribution < -0.4 is 10.1 Å². The van der Waals surface area contributed by atoms with Crippen LogP contribution in [0.2, 0.25) is 0 Å². The van der Waals surface area contributed by atoms with Crippen LogP contribution in [0.3, 0.4) is 0 Å². The lowest BCUT2D eigenvalue weighted by molar-refractivity contribution is -0.142. The molecular weight excluding hydrogens is 253 g/mol. The van der Waals surface area contributed by atoms with E-state index in [1.54, 1.807) is 0 Å². The topological polar surface area (TPSA) is 75.6 Å². The molecule has 0 saturated heterocycles. The van der Waals surface area contributed by atoms with Gasteiger partial charge in [0.1, 0.15) is 0 Å². The van der Waals surface area contributed by atoms with Crippen LogP contribution in [0.25, 0.3) is 0 Å². The van der Waals surface area contributed by atoms with Crippen LogP contribution in [-0.4, -0.2) is 24.1 Å². The fourth-order valence-corrected chi connectivity index (χ4v) is 1.50. The standard InChI is InChI=1S/C13H16FNO4/c1-13(2,7-11(16)17)12(18)15-8-4-5-10(19-3)9(14)6-8/h4-6H,7H2,1-3H3,(H,15,18)(H,16,17). The molecule has 0 saturated carbocycles. The monoisotopic (exact) mass is 269 g/mol. The van der Waals surface area contributed by atoms with E-state index in [0.717, 1.165) is 6.07 Å². The molecule has 0 spiro atoms. The van der Waals surface area contributed by atoms with Crippen molar-refractivity contribution >= 4 is 17.6 Å². The molecule has 0 aromatic heterocycles. The number of anilines is 1. The number of hydrogen-bond donors (Lipinski definition) is 2. The van der Waals surface area contributed by atoms with Gasteiger partial charge in [0, 0.05) is 11.8 Å². The highest BCUT2D eigenvalue weighted by Crippen LogP contribution is 2.25. The molecule has 0 aliphatic carbocycles. The molecule has 0 fully saturated rings. The Bertz CT molecular complexity index is 499. The van der Waals surface area contributed by atoms with Crippen molar-refractivity contribution in [2.75, 3.05) is 12.4 Å². The summed E-state index contributed by atoms with van der Waals surface area (Å²) in [4.78, 5) is 22.6. The number of hydrogen-bond acceptors (Lipinski definition) is 3. The normalized spacial score (nSPS) is 10.9. The van der Waals surface area contributed by atoms with E-state index in [1.165, 1.54) is 33.1 Å². The number of nitrogens with one attached hydrogen (secondary N) is 1. The zero-order valence-corrected chi connectivity index (χ0v) is 11.0. The smallest absolute Gasteiger partial charge is 0.304 e. The second-order valence-electron chi connectivity index (χ2n) is 4.76. The number of amides is 1. The number of rotatable bonds is 5. The lowest BCUT2D eigenvalue weighted by Gasteiger charge is -2.21. The third-order valence-electron chi connectivity index (χ3n) is 2.62. The Labute approximate surface area is 110 Å². The van der Waals surface area contributed by atoms with Crippen molar-refractivity contribution in [3.8, 4) is 5.75 Å². The fourth-order valence-electron chi connectivity index (χ4n) is 1.50. The molecule has 0 aliphatic rings. The predicted molar refractivity (Wildman–Crippen MR) is 67.6 cm³/mol. The zero-order valence-electron chi connectivity index (χ0n) is 11.0. The highest BCUT2D eigenvalue weighted by atomic mass is 19.1. The Morgan fingerprint density at radius 3 is 2.53 bits per heavy atom. The van der Waals surface area contributed by atoms with Gasteiger partial charge >= 0.3 is 5.97 Å². The van der Waals surface area contributed by atoms with Gasteiger partial charge in [-0.1, -0.05) is 13.8 Å². The van der Waals surface area contributed by atoms with E-state index in [-0.39, 0.29) is 17.9 Å². The van der Waals surface area contributed by atoms with E-state index in [0.29, 0.717) is 0 Å². The van der Waals surface area contributed by atoms with Crippen molar-refractivity contribution in [3.05, 3.63) is 24.0 Å². The van der Waals surface area contributed by atoms with E-state index in [4.69, 9.17) is 9.84 Å². The summed E-state index contributed by atoms with van der Waals surface area (Å²) in [6.07, 6.45) is -0.308. The summed E-state index contributed by atoms with van der Waals surface area (Å²) in [5.41, 5.74) is -0.829. The second-order valence-corrected chi connectivity index (χ2v) is 4.76. The van der Waals surface area contributed by atoms with Gasteiger partial charge in [-0.25, -0.2) is 4.39 Å². The molecule has 19 heavy (non-hydrogen) atoms. The van der Waals surface area contributed by atoms with Crippen molar-refractivity contribution in [1.82, 2.24) is 0 Å². The van der Waals surface area contributed by atoms with Crippen LogP contribution in [0, 0.1) is 11.2 Å². The van der Waals surface area contributed by atoms with Gasteiger partial charge in [-0.15, -0.1) is 0 Å². The van der Waals surface area contributed by atoms with Crippen LogP contribution >= 0.6 is 0 Å². The van der Waals surface area contributed by atoms with E-state index < -0.39 is 23.1 Å². The van der Waals surface area contributed by atoms with Crippen LogP contribution in [0.5, 0.6) is 5.75 Å². The van der Waals surface area contributed by atoms with Gasteiger partial charge in [0.15, 0.2) is 11.6 Å². The first-order valence-electron chi connectivity index (χ1n) is 5.63. The highest BCUT2D eigenvalue weighted by molar-refractivity contribution is 5.96. The number of ether oxygens (including phenoxy) is 1. The van der Waals surface area contributed by atoms with Crippen LogP contribution in [0.4, 0.5) is 10.1 Å². The lowest BCUT2D eigenvalue weighted by atomic mass is 9.88. The molecule has 0 atom stereocenters. The average molecular weight is 269 g/mol. The number of methoxy groups -OCH3 is 1. The summed E-state index contributed by atoms with van der Waals surface area (Å²) in [6, 6.07) is 3.99. The molecule has 1 aromatic carbocycles. The molecule has 0 aliphatic heterocycles. The number of benzene rings is 1. The van der Waals surface area contributed by atoms with Gasteiger partial charge in [-0.3, -0.25) is 9.59 Å². The summed E-state index contributed by atoms with van der Waals surface area (Å²) >= 11 is 0. The number of carboxylic acid groups (broad SMARTS) is 1. The first-order chi connectivity index (χ1) is 8.76. The molecule has 5 nitrogen and oxygen atoms in total. The number of carbonyl (C=O) groups excluding carboxylic acids is 1. The Kier molecular flexibility index (Phi) is 4.47. The number of aliphatic carboxylic acids is 1. The summed E-state index contributed by atoms with van der Waals surface area (Å²) in [5.74, 6) is -2.08. The van der Waals surface area contributed by atoms with E-state index in [1.807, 2.05) is 0 Å². The van der Waals surface area contributed by atoms with Crippen molar-refractivity contribution < 1.29 is 23.8 Å². The molecule has 0 unspecified atom stereocenters. The van der Waals surface area contributed by atoms with E-state index in [2.05, 4.69) is 5.32 Å². The molecular formula is C13H16FNO4. The summed E-state index contributed by atoms with van der Waals surface area (Å²) in [5, 5.41) is 11.2. The molecule has 104 valence electrons. The van der Waals surface area contributed by atoms with Gasteiger partial charge in [-0.2, -0.15) is 0 Å². The summed E-state index contributed by atoms with van der Waals surface area (Å²) < 4.78 is 18.2. The number of carbonyl (C=O) groups is 2.